The van der Waals surface area contributed by atoms with E-state index in [9.17, 15) is 18.0 Å². The summed E-state index contributed by atoms with van der Waals surface area (Å²) in [6, 6.07) is 6.77. The summed E-state index contributed by atoms with van der Waals surface area (Å²) < 4.78 is 37.9. The lowest BCUT2D eigenvalue weighted by atomic mass is 10.1. The Kier molecular flexibility index (Phi) is 5.31. The van der Waals surface area contributed by atoms with Crippen LogP contribution in [0.3, 0.4) is 0 Å². The van der Waals surface area contributed by atoms with Crippen LogP contribution in [-0.4, -0.2) is 41.0 Å². The standard InChI is InChI=1S/C18H21F3N4O/c1-13-11-16(26)23-17(22-13)25-8-2-7-24(9-10-25)12-14-3-5-15(6-4-14)18(19,20)21/h3-6,11H,2,7-10,12H2,1H3,(H,22,23,26). The summed E-state index contributed by atoms with van der Waals surface area (Å²) >= 11 is 0. The molecule has 26 heavy (non-hydrogen) atoms. The lowest BCUT2D eigenvalue weighted by molar-refractivity contribution is -0.137. The zero-order valence-corrected chi connectivity index (χ0v) is 14.5. The Hall–Kier alpha value is -2.35. The van der Waals surface area contributed by atoms with Crippen molar-refractivity contribution in [1.29, 1.82) is 0 Å². The number of hydrogen-bond acceptors (Lipinski definition) is 4. The molecule has 2 aromatic rings. The van der Waals surface area contributed by atoms with Crippen molar-refractivity contribution in [3.63, 3.8) is 0 Å². The number of H-pyrrole nitrogens is 1. The fourth-order valence-corrected chi connectivity index (χ4v) is 3.11. The summed E-state index contributed by atoms with van der Waals surface area (Å²) in [5.41, 5.74) is 0.735. The molecule has 0 bridgehead atoms. The Morgan fingerprint density at radius 2 is 1.85 bits per heavy atom. The van der Waals surface area contributed by atoms with Crippen molar-refractivity contribution in [2.24, 2.45) is 0 Å². The number of benzene rings is 1. The van der Waals surface area contributed by atoms with E-state index in [0.29, 0.717) is 24.7 Å². The van der Waals surface area contributed by atoms with Crippen molar-refractivity contribution >= 4 is 5.95 Å². The Balaban J connectivity index is 1.62. The second kappa shape index (κ2) is 7.49. The van der Waals surface area contributed by atoms with Gasteiger partial charge in [-0.15, -0.1) is 0 Å². The predicted molar refractivity (Wildman–Crippen MR) is 93.1 cm³/mol. The maximum atomic E-state index is 12.6. The highest BCUT2D eigenvalue weighted by molar-refractivity contribution is 5.30. The fourth-order valence-electron chi connectivity index (χ4n) is 3.11. The molecule has 0 radical (unpaired) electrons. The molecule has 2 heterocycles. The number of hydrogen-bond donors (Lipinski definition) is 1. The van der Waals surface area contributed by atoms with Crippen LogP contribution in [0.15, 0.2) is 35.1 Å². The Labute approximate surface area is 149 Å². The SMILES string of the molecule is Cc1cc(=O)[nH]c(N2CCCN(Cc3ccc(C(F)(F)F)cc3)CC2)n1. The lowest BCUT2D eigenvalue weighted by Crippen LogP contribution is -2.32. The first-order valence-electron chi connectivity index (χ1n) is 8.53. The van der Waals surface area contributed by atoms with Gasteiger partial charge in [-0.2, -0.15) is 13.2 Å². The molecular weight excluding hydrogens is 345 g/mol. The van der Waals surface area contributed by atoms with E-state index in [4.69, 9.17) is 0 Å². The largest absolute Gasteiger partial charge is 0.416 e. The lowest BCUT2D eigenvalue weighted by Gasteiger charge is -2.22. The highest BCUT2D eigenvalue weighted by atomic mass is 19.4. The molecule has 5 nitrogen and oxygen atoms in total. The van der Waals surface area contributed by atoms with Crippen molar-refractivity contribution in [2.45, 2.75) is 26.1 Å². The van der Waals surface area contributed by atoms with Crippen LogP contribution in [0.5, 0.6) is 0 Å². The predicted octanol–water partition coefficient (Wildman–Crippen LogP) is 2.81. The molecule has 1 aromatic carbocycles. The molecule has 1 fully saturated rings. The van der Waals surface area contributed by atoms with E-state index in [-0.39, 0.29) is 5.56 Å². The van der Waals surface area contributed by atoms with E-state index in [2.05, 4.69) is 14.9 Å². The van der Waals surface area contributed by atoms with E-state index in [1.165, 1.54) is 18.2 Å². The molecule has 0 spiro atoms. The molecule has 0 saturated carbocycles. The number of aromatic amines is 1. The number of aryl methyl sites for hydroxylation is 1. The second-order valence-corrected chi connectivity index (χ2v) is 6.52. The number of aromatic nitrogens is 2. The van der Waals surface area contributed by atoms with Crippen LogP contribution in [0.1, 0.15) is 23.2 Å². The molecule has 0 amide bonds. The van der Waals surface area contributed by atoms with Crippen LogP contribution in [-0.2, 0) is 12.7 Å². The van der Waals surface area contributed by atoms with Gasteiger partial charge in [0.2, 0.25) is 5.95 Å². The Morgan fingerprint density at radius 1 is 1.12 bits per heavy atom. The van der Waals surface area contributed by atoms with Gasteiger partial charge in [-0.05, 0) is 31.0 Å². The van der Waals surface area contributed by atoms with Crippen LogP contribution in [0, 0.1) is 6.92 Å². The monoisotopic (exact) mass is 366 g/mol. The molecule has 1 aliphatic heterocycles. The van der Waals surface area contributed by atoms with Crippen molar-refractivity contribution in [1.82, 2.24) is 14.9 Å². The molecule has 1 N–H and O–H groups in total. The first kappa shape index (κ1) is 18.4. The average molecular weight is 366 g/mol. The van der Waals surface area contributed by atoms with E-state index in [1.54, 1.807) is 6.92 Å². The quantitative estimate of drug-likeness (QED) is 0.908. The maximum absolute atomic E-state index is 12.6. The van der Waals surface area contributed by atoms with Crippen LogP contribution in [0.2, 0.25) is 0 Å². The first-order chi connectivity index (χ1) is 12.3. The minimum atomic E-state index is -4.31. The second-order valence-electron chi connectivity index (χ2n) is 6.52. The van der Waals surface area contributed by atoms with Gasteiger partial charge >= 0.3 is 6.18 Å². The molecule has 3 rings (SSSR count). The van der Waals surface area contributed by atoms with Gasteiger partial charge in [0, 0.05) is 44.5 Å². The minimum absolute atomic E-state index is 0.168. The number of nitrogens with one attached hydrogen (secondary N) is 1. The van der Waals surface area contributed by atoms with Gasteiger partial charge in [0.05, 0.1) is 5.56 Å². The van der Waals surface area contributed by atoms with Gasteiger partial charge in [0.15, 0.2) is 0 Å². The van der Waals surface area contributed by atoms with Crippen LogP contribution in [0.25, 0.3) is 0 Å². The highest BCUT2D eigenvalue weighted by Crippen LogP contribution is 2.29. The normalized spacial score (nSPS) is 16.5. The van der Waals surface area contributed by atoms with Crippen LogP contribution < -0.4 is 10.5 Å². The molecule has 8 heteroatoms. The average Bonchev–Trinajstić information content (AvgIpc) is 2.79. The van der Waals surface area contributed by atoms with Gasteiger partial charge in [-0.3, -0.25) is 14.7 Å². The smallest absolute Gasteiger partial charge is 0.341 e. The molecule has 140 valence electrons. The van der Waals surface area contributed by atoms with Crippen LogP contribution in [0.4, 0.5) is 19.1 Å². The van der Waals surface area contributed by atoms with E-state index in [1.807, 2.05) is 4.90 Å². The van der Waals surface area contributed by atoms with E-state index in [0.717, 1.165) is 43.8 Å². The van der Waals surface area contributed by atoms with Gasteiger partial charge < -0.3 is 4.90 Å². The third-order valence-electron chi connectivity index (χ3n) is 4.43. The highest BCUT2D eigenvalue weighted by Gasteiger charge is 2.30. The summed E-state index contributed by atoms with van der Waals surface area (Å²) in [6.07, 6.45) is -3.42. The van der Waals surface area contributed by atoms with Crippen molar-refractivity contribution in [3.05, 3.63) is 57.5 Å². The van der Waals surface area contributed by atoms with Crippen molar-refractivity contribution in [2.75, 3.05) is 31.1 Å². The Morgan fingerprint density at radius 3 is 2.50 bits per heavy atom. The molecule has 0 aliphatic carbocycles. The number of anilines is 1. The third kappa shape index (κ3) is 4.63. The van der Waals surface area contributed by atoms with Gasteiger partial charge in [0.1, 0.15) is 0 Å². The van der Waals surface area contributed by atoms with Gasteiger partial charge in [-0.1, -0.05) is 12.1 Å². The summed E-state index contributed by atoms with van der Waals surface area (Å²) in [5, 5.41) is 0. The van der Waals surface area contributed by atoms with Crippen LogP contribution >= 0.6 is 0 Å². The summed E-state index contributed by atoms with van der Waals surface area (Å²) in [4.78, 5) is 23.0. The van der Waals surface area contributed by atoms with Crippen molar-refractivity contribution in [3.8, 4) is 0 Å². The van der Waals surface area contributed by atoms with Gasteiger partial charge in [0.25, 0.3) is 5.56 Å². The molecule has 1 saturated heterocycles. The molecule has 0 atom stereocenters. The minimum Gasteiger partial charge on any atom is -0.341 e. The maximum Gasteiger partial charge on any atom is 0.416 e. The van der Waals surface area contributed by atoms with E-state index < -0.39 is 11.7 Å². The fraction of sp³-hybridized carbons (Fsp3) is 0.444. The zero-order chi connectivity index (χ0) is 18.7. The topological polar surface area (TPSA) is 52.2 Å². The molecule has 1 aromatic heterocycles. The Bertz CT molecular complexity index is 801. The molecular formula is C18H21F3N4O. The number of halogens is 3. The number of alkyl halides is 3. The van der Waals surface area contributed by atoms with Gasteiger partial charge in [-0.25, -0.2) is 4.98 Å². The van der Waals surface area contributed by atoms with Crippen molar-refractivity contribution < 1.29 is 13.2 Å². The third-order valence-corrected chi connectivity index (χ3v) is 4.43. The summed E-state index contributed by atoms with van der Waals surface area (Å²) in [7, 11) is 0. The summed E-state index contributed by atoms with van der Waals surface area (Å²) in [6.45, 7) is 5.45. The zero-order valence-electron chi connectivity index (χ0n) is 14.5. The molecule has 1 aliphatic rings. The van der Waals surface area contributed by atoms with E-state index >= 15 is 0 Å². The first-order valence-corrected chi connectivity index (χ1v) is 8.53. The summed E-state index contributed by atoms with van der Waals surface area (Å²) in [5.74, 6) is 0.575. The number of nitrogens with zero attached hydrogens (tertiary/aromatic N) is 3. The molecule has 0 unspecified atom stereocenters. The number of rotatable bonds is 3.